The van der Waals surface area contributed by atoms with Gasteiger partial charge in [-0.15, -0.1) is 0 Å². The second-order valence-corrected chi connectivity index (χ2v) is 8.04. The molecule has 0 amide bonds. The van der Waals surface area contributed by atoms with Crippen LogP contribution >= 0.6 is 11.6 Å². The van der Waals surface area contributed by atoms with E-state index in [-0.39, 0.29) is 23.5 Å². The van der Waals surface area contributed by atoms with Crippen molar-refractivity contribution in [2.45, 2.75) is 12.7 Å². The number of nitrogens with one attached hydrogen (secondary N) is 1. The van der Waals surface area contributed by atoms with Gasteiger partial charge in [-0.1, -0.05) is 48.0 Å². The van der Waals surface area contributed by atoms with Gasteiger partial charge in [0.1, 0.15) is 23.8 Å². The third-order valence-corrected chi connectivity index (χ3v) is 5.42. The fraction of sp³-hybridized carbons (Fsp3) is 0.167. The number of halogens is 4. The maximum atomic E-state index is 13.5. The minimum absolute atomic E-state index is 0.0966. The van der Waals surface area contributed by atoms with E-state index < -0.39 is 24.2 Å². The van der Waals surface area contributed by atoms with Crippen LogP contribution in [0.3, 0.4) is 0 Å². The van der Waals surface area contributed by atoms with Crippen LogP contribution in [0, 0.1) is 0 Å². The summed E-state index contributed by atoms with van der Waals surface area (Å²) in [6.07, 6.45) is -1.40. The molecule has 4 aromatic rings. The highest BCUT2D eigenvalue weighted by atomic mass is 35.5. The van der Waals surface area contributed by atoms with Crippen molar-refractivity contribution in [1.29, 1.82) is 0 Å². The fourth-order valence-electron chi connectivity index (χ4n) is 3.60. The topological polar surface area (TPSA) is 94.9 Å². The van der Waals surface area contributed by atoms with Crippen molar-refractivity contribution in [3.8, 4) is 17.0 Å². The Morgan fingerprint density at radius 2 is 1.94 bits per heavy atom. The number of hydroxylamine groups is 1. The molecule has 3 aromatic heterocycles. The number of hydrogen-bond donors (Lipinski definition) is 1. The smallest absolute Gasteiger partial charge is 0.408 e. The highest BCUT2D eigenvalue weighted by molar-refractivity contribution is 6.29. The lowest BCUT2D eigenvalue weighted by Gasteiger charge is -2.17. The van der Waals surface area contributed by atoms with Crippen molar-refractivity contribution < 1.29 is 27.7 Å². The van der Waals surface area contributed by atoms with Crippen LogP contribution < -0.4 is 20.7 Å². The third-order valence-electron chi connectivity index (χ3n) is 5.20. The average molecular weight is 518 g/mol. The van der Waals surface area contributed by atoms with Crippen LogP contribution in [0.15, 0.2) is 76.8 Å². The molecule has 12 heteroatoms. The molecule has 3 heterocycles. The second-order valence-electron chi connectivity index (χ2n) is 7.65. The van der Waals surface area contributed by atoms with Crippen molar-refractivity contribution in [2.24, 2.45) is 4.99 Å². The largest absolute Gasteiger partial charge is 0.842 e. The molecule has 1 N–H and O–H groups in total. The molecule has 0 atom stereocenters. The number of fused-ring (bicyclic) bond motifs is 1. The molecule has 1 aromatic carbocycles. The second kappa shape index (κ2) is 10.3. The van der Waals surface area contributed by atoms with Crippen molar-refractivity contribution in [1.82, 2.24) is 14.9 Å². The summed E-state index contributed by atoms with van der Waals surface area (Å²) in [5.74, 6) is -0.681. The predicted octanol–water partition coefficient (Wildman–Crippen LogP) is 2.88. The highest BCUT2D eigenvalue weighted by Crippen LogP contribution is 2.23. The lowest BCUT2D eigenvalue weighted by Crippen LogP contribution is -2.44. The van der Waals surface area contributed by atoms with Crippen LogP contribution in [-0.4, -0.2) is 35.1 Å². The van der Waals surface area contributed by atoms with Gasteiger partial charge in [-0.3, -0.25) is 9.83 Å². The average Bonchev–Trinajstić information content (AvgIpc) is 2.85. The van der Waals surface area contributed by atoms with Crippen LogP contribution in [0.2, 0.25) is 5.15 Å². The Kier molecular flexibility index (Phi) is 7.22. The lowest BCUT2D eigenvalue weighted by molar-refractivity contribution is -0.708. The highest BCUT2D eigenvalue weighted by Gasteiger charge is 2.27. The summed E-state index contributed by atoms with van der Waals surface area (Å²) in [4.78, 5) is 25.6. The van der Waals surface area contributed by atoms with E-state index >= 15 is 0 Å². The zero-order valence-electron chi connectivity index (χ0n) is 18.8. The Morgan fingerprint density at radius 1 is 1.19 bits per heavy atom. The van der Waals surface area contributed by atoms with Crippen molar-refractivity contribution in [3.05, 3.63) is 93.6 Å². The van der Waals surface area contributed by atoms with E-state index in [0.717, 1.165) is 0 Å². The monoisotopic (exact) mass is 517 g/mol. The zero-order valence-corrected chi connectivity index (χ0v) is 19.5. The Balaban J connectivity index is 1.80. The molecule has 0 bridgehead atoms. The van der Waals surface area contributed by atoms with E-state index in [9.17, 15) is 23.1 Å². The predicted molar refractivity (Wildman–Crippen MR) is 125 cm³/mol. The molecule has 186 valence electrons. The number of alkyl halides is 3. The first kappa shape index (κ1) is 25.1. The van der Waals surface area contributed by atoms with Gasteiger partial charge < -0.3 is 5.11 Å². The molecule has 36 heavy (non-hydrogen) atoms. The molecular weight excluding hydrogens is 499 g/mol. The molecule has 0 aliphatic heterocycles. The van der Waals surface area contributed by atoms with Gasteiger partial charge in [0.25, 0.3) is 5.65 Å². The van der Waals surface area contributed by atoms with Crippen molar-refractivity contribution >= 4 is 23.1 Å². The molecule has 0 spiro atoms. The standard InChI is InChI=1S/C24H19ClF3N5O3/c1-36-31-21(30-14-24(26,27)28)17-8-6-16(7-9-17)20-22(34)32-11-3-2-4-19(32)33(23(20)35)13-15-5-10-18(25)29-12-15/h2-12H,13-14H2,1H3,(H-,30,31,34,35). The summed E-state index contributed by atoms with van der Waals surface area (Å²) in [6, 6.07) is 14.2. The third kappa shape index (κ3) is 5.47. The van der Waals surface area contributed by atoms with Gasteiger partial charge in [0.05, 0.1) is 19.2 Å². The number of aliphatic imine (C=N–C) groups is 1. The zero-order chi connectivity index (χ0) is 25.9. The quantitative estimate of drug-likeness (QED) is 0.139. The summed E-state index contributed by atoms with van der Waals surface area (Å²) >= 11 is 5.86. The number of aromatic nitrogens is 3. The van der Waals surface area contributed by atoms with Crippen LogP contribution in [-0.2, 0) is 11.4 Å². The first-order valence-electron chi connectivity index (χ1n) is 10.5. The minimum atomic E-state index is -4.49. The number of nitrogens with zero attached hydrogens (tertiary/aromatic N) is 4. The number of amidine groups is 1. The van der Waals surface area contributed by atoms with Gasteiger partial charge in [0.15, 0.2) is 5.84 Å². The van der Waals surface area contributed by atoms with E-state index in [2.05, 4.69) is 15.5 Å². The van der Waals surface area contributed by atoms with E-state index in [0.29, 0.717) is 21.9 Å². The van der Waals surface area contributed by atoms with Crippen molar-refractivity contribution in [2.75, 3.05) is 13.7 Å². The molecule has 0 unspecified atom stereocenters. The maximum absolute atomic E-state index is 13.5. The molecule has 4 rings (SSSR count). The normalized spacial score (nSPS) is 12.2. The molecular formula is C24H19ClF3N5O3. The van der Waals surface area contributed by atoms with Gasteiger partial charge in [-0.25, -0.2) is 19.8 Å². The molecule has 0 aliphatic carbocycles. The fourth-order valence-corrected chi connectivity index (χ4v) is 3.71. The van der Waals surface area contributed by atoms with Crippen LogP contribution in [0.1, 0.15) is 11.1 Å². The molecule has 0 radical (unpaired) electrons. The van der Waals surface area contributed by atoms with Gasteiger partial charge in [-0.05, 0) is 17.7 Å². The SMILES string of the molecule is CONC(=NCC(F)(F)F)c1ccc(-c2c([O-])[n+](Cc3ccc(Cl)nc3)c3ccccn3c2=O)cc1. The molecule has 8 nitrogen and oxygen atoms in total. The van der Waals surface area contributed by atoms with Crippen LogP contribution in [0.25, 0.3) is 16.8 Å². The van der Waals surface area contributed by atoms with E-state index in [4.69, 9.17) is 16.4 Å². The Hall–Kier alpha value is -3.96. The number of rotatable bonds is 6. The van der Waals surface area contributed by atoms with Crippen molar-refractivity contribution in [3.63, 3.8) is 0 Å². The summed E-state index contributed by atoms with van der Waals surface area (Å²) in [6.45, 7) is -1.27. The van der Waals surface area contributed by atoms with Gasteiger partial charge in [0.2, 0.25) is 0 Å². The van der Waals surface area contributed by atoms with E-state index in [1.165, 1.54) is 40.3 Å². The summed E-state index contributed by atoms with van der Waals surface area (Å²) in [5, 5.41) is 13.8. The minimum Gasteiger partial charge on any atom is -0.842 e. The summed E-state index contributed by atoms with van der Waals surface area (Å²) < 4.78 is 40.7. The number of hydrogen-bond acceptors (Lipinski definition) is 5. The maximum Gasteiger partial charge on any atom is 0.408 e. The molecule has 0 saturated carbocycles. The summed E-state index contributed by atoms with van der Waals surface area (Å²) in [7, 11) is 1.24. The van der Waals surface area contributed by atoms with E-state index in [1.807, 2.05) is 0 Å². The first-order chi connectivity index (χ1) is 17.2. The molecule has 0 saturated heterocycles. The molecule has 0 aliphatic rings. The molecule has 0 fully saturated rings. The first-order valence-corrected chi connectivity index (χ1v) is 10.9. The summed E-state index contributed by atoms with van der Waals surface area (Å²) in [5.41, 5.74) is 3.34. The lowest BCUT2D eigenvalue weighted by atomic mass is 10.0. The van der Waals surface area contributed by atoms with Gasteiger partial charge in [-0.2, -0.15) is 17.6 Å². The van der Waals surface area contributed by atoms with Crippen LogP contribution in [0.4, 0.5) is 13.2 Å². The Bertz CT molecular complexity index is 1470. The Morgan fingerprint density at radius 3 is 2.58 bits per heavy atom. The van der Waals surface area contributed by atoms with Gasteiger partial charge in [0, 0.05) is 23.4 Å². The van der Waals surface area contributed by atoms with Crippen LogP contribution in [0.5, 0.6) is 5.88 Å². The van der Waals surface area contributed by atoms with Gasteiger partial charge >= 0.3 is 11.7 Å². The Labute approximate surface area is 207 Å². The number of benzene rings is 1. The number of pyridine rings is 2. The van der Waals surface area contributed by atoms with E-state index in [1.54, 1.807) is 42.7 Å².